The number of aromatic nitrogens is 2. The number of carbonyl (C=O) groups excluding carboxylic acids is 1. The van der Waals surface area contributed by atoms with Crippen LogP contribution in [0, 0.1) is 6.92 Å². The monoisotopic (exact) mass is 383 g/mol. The standard InChI is InChI=1S/C20H21N3OS2/c1-15-4-6-17(7-5-15)20-23-18(13-26-20)8-10-22-19(24)14-25-12-16-3-2-9-21-11-16/h2-7,9,11,13H,8,10,12,14H2,1H3,(H,22,24). The first-order valence-corrected chi connectivity index (χ1v) is 10.5. The summed E-state index contributed by atoms with van der Waals surface area (Å²) >= 11 is 3.24. The van der Waals surface area contributed by atoms with Crippen molar-refractivity contribution in [1.82, 2.24) is 15.3 Å². The van der Waals surface area contributed by atoms with Crippen molar-refractivity contribution in [3.8, 4) is 10.6 Å². The highest BCUT2D eigenvalue weighted by atomic mass is 32.2. The van der Waals surface area contributed by atoms with Gasteiger partial charge in [0.15, 0.2) is 0 Å². The molecule has 0 saturated heterocycles. The lowest BCUT2D eigenvalue weighted by molar-refractivity contribution is -0.118. The van der Waals surface area contributed by atoms with E-state index in [9.17, 15) is 4.79 Å². The van der Waals surface area contributed by atoms with Crippen LogP contribution in [0.5, 0.6) is 0 Å². The third kappa shape index (κ3) is 5.68. The van der Waals surface area contributed by atoms with E-state index < -0.39 is 0 Å². The summed E-state index contributed by atoms with van der Waals surface area (Å²) in [6, 6.07) is 12.3. The molecule has 0 radical (unpaired) electrons. The maximum absolute atomic E-state index is 11.9. The van der Waals surface area contributed by atoms with Crippen LogP contribution in [0.1, 0.15) is 16.8 Å². The highest BCUT2D eigenvalue weighted by Gasteiger charge is 2.06. The van der Waals surface area contributed by atoms with Gasteiger partial charge in [-0.2, -0.15) is 0 Å². The molecule has 0 saturated carbocycles. The van der Waals surface area contributed by atoms with Gasteiger partial charge >= 0.3 is 0 Å². The zero-order valence-electron chi connectivity index (χ0n) is 14.6. The van der Waals surface area contributed by atoms with Gasteiger partial charge in [0.25, 0.3) is 0 Å². The summed E-state index contributed by atoms with van der Waals surface area (Å²) in [4.78, 5) is 20.7. The van der Waals surface area contributed by atoms with Crippen LogP contribution >= 0.6 is 23.1 Å². The number of aryl methyl sites for hydroxylation is 1. The molecule has 3 aromatic rings. The van der Waals surface area contributed by atoms with E-state index >= 15 is 0 Å². The van der Waals surface area contributed by atoms with Gasteiger partial charge in [-0.1, -0.05) is 35.9 Å². The Morgan fingerprint density at radius 3 is 2.85 bits per heavy atom. The minimum absolute atomic E-state index is 0.0628. The van der Waals surface area contributed by atoms with Crippen molar-refractivity contribution >= 4 is 29.0 Å². The number of hydrogen-bond acceptors (Lipinski definition) is 5. The van der Waals surface area contributed by atoms with Gasteiger partial charge in [-0.25, -0.2) is 4.98 Å². The van der Waals surface area contributed by atoms with E-state index in [0.29, 0.717) is 12.3 Å². The summed E-state index contributed by atoms with van der Waals surface area (Å²) in [6.07, 6.45) is 4.34. The summed E-state index contributed by atoms with van der Waals surface area (Å²) in [5.74, 6) is 1.32. The number of nitrogens with zero attached hydrogens (tertiary/aromatic N) is 2. The molecule has 1 aromatic carbocycles. The van der Waals surface area contributed by atoms with Gasteiger partial charge in [0.2, 0.25) is 5.91 Å². The SMILES string of the molecule is Cc1ccc(-c2nc(CCNC(=O)CSCc3cccnc3)cs2)cc1. The second-order valence-corrected chi connectivity index (χ2v) is 7.81. The molecule has 0 atom stereocenters. The second-order valence-electron chi connectivity index (χ2n) is 5.96. The zero-order valence-corrected chi connectivity index (χ0v) is 16.3. The van der Waals surface area contributed by atoms with Crippen LogP contribution in [0.4, 0.5) is 0 Å². The highest BCUT2D eigenvalue weighted by molar-refractivity contribution is 7.99. The fraction of sp³-hybridized carbons (Fsp3) is 0.250. The van der Waals surface area contributed by atoms with Gasteiger partial charge in [-0.3, -0.25) is 9.78 Å². The van der Waals surface area contributed by atoms with Crippen molar-refractivity contribution in [3.63, 3.8) is 0 Å². The molecule has 2 heterocycles. The normalized spacial score (nSPS) is 10.7. The maximum Gasteiger partial charge on any atom is 0.230 e. The molecule has 0 aliphatic heterocycles. The number of rotatable bonds is 8. The number of hydrogen-bond donors (Lipinski definition) is 1. The smallest absolute Gasteiger partial charge is 0.230 e. The summed E-state index contributed by atoms with van der Waals surface area (Å²) in [5, 5.41) is 6.06. The van der Waals surface area contributed by atoms with Crippen LogP contribution in [-0.4, -0.2) is 28.2 Å². The summed E-state index contributed by atoms with van der Waals surface area (Å²) in [6.45, 7) is 2.69. The molecule has 2 aromatic heterocycles. The third-order valence-electron chi connectivity index (χ3n) is 3.78. The quantitative estimate of drug-likeness (QED) is 0.636. The largest absolute Gasteiger partial charge is 0.355 e. The third-order valence-corrected chi connectivity index (χ3v) is 5.72. The molecule has 3 rings (SSSR count). The molecule has 0 unspecified atom stereocenters. The molecular formula is C20H21N3OS2. The lowest BCUT2D eigenvalue weighted by Gasteiger charge is -2.04. The molecule has 4 nitrogen and oxygen atoms in total. The Morgan fingerprint density at radius 2 is 2.08 bits per heavy atom. The summed E-state index contributed by atoms with van der Waals surface area (Å²) in [5.41, 5.74) is 4.54. The van der Waals surface area contributed by atoms with E-state index in [1.165, 1.54) is 5.56 Å². The van der Waals surface area contributed by atoms with E-state index in [1.807, 2.05) is 18.3 Å². The van der Waals surface area contributed by atoms with E-state index in [1.54, 1.807) is 29.3 Å². The zero-order chi connectivity index (χ0) is 18.2. The minimum atomic E-state index is 0.0628. The van der Waals surface area contributed by atoms with Crippen molar-refractivity contribution in [2.75, 3.05) is 12.3 Å². The second kappa shape index (κ2) is 9.50. The average Bonchev–Trinajstić information content (AvgIpc) is 3.12. The minimum Gasteiger partial charge on any atom is -0.355 e. The van der Waals surface area contributed by atoms with Crippen molar-refractivity contribution in [2.45, 2.75) is 19.1 Å². The Bertz CT molecular complexity index is 832. The Labute approximate surface area is 162 Å². The fourth-order valence-electron chi connectivity index (χ4n) is 2.38. The van der Waals surface area contributed by atoms with E-state index in [4.69, 9.17) is 0 Å². The van der Waals surface area contributed by atoms with E-state index in [0.717, 1.165) is 34.0 Å². The maximum atomic E-state index is 11.9. The predicted octanol–water partition coefficient (Wildman–Crippen LogP) is 4.11. The van der Waals surface area contributed by atoms with Gasteiger partial charge in [-0.05, 0) is 18.6 Å². The number of thioether (sulfide) groups is 1. The molecule has 1 amide bonds. The van der Waals surface area contributed by atoms with E-state index in [-0.39, 0.29) is 5.91 Å². The lowest BCUT2D eigenvalue weighted by atomic mass is 10.2. The van der Waals surface area contributed by atoms with Crippen LogP contribution in [0.3, 0.4) is 0 Å². The summed E-state index contributed by atoms with van der Waals surface area (Å²) < 4.78 is 0. The van der Waals surface area contributed by atoms with Gasteiger partial charge < -0.3 is 5.32 Å². The number of benzene rings is 1. The molecule has 0 spiro atoms. The van der Waals surface area contributed by atoms with Crippen molar-refractivity contribution in [3.05, 3.63) is 71.0 Å². The lowest BCUT2D eigenvalue weighted by Crippen LogP contribution is -2.27. The predicted molar refractivity (Wildman–Crippen MR) is 109 cm³/mol. The molecule has 0 bridgehead atoms. The summed E-state index contributed by atoms with van der Waals surface area (Å²) in [7, 11) is 0. The molecule has 1 N–H and O–H groups in total. The van der Waals surface area contributed by atoms with Crippen LogP contribution in [-0.2, 0) is 17.0 Å². The number of amides is 1. The molecular weight excluding hydrogens is 362 g/mol. The Morgan fingerprint density at radius 1 is 1.23 bits per heavy atom. The average molecular weight is 384 g/mol. The van der Waals surface area contributed by atoms with Gasteiger partial charge in [0, 0.05) is 42.1 Å². The Kier molecular flexibility index (Phi) is 6.80. The van der Waals surface area contributed by atoms with Gasteiger partial charge in [0.1, 0.15) is 5.01 Å². The van der Waals surface area contributed by atoms with Gasteiger partial charge in [0.05, 0.1) is 11.4 Å². The van der Waals surface area contributed by atoms with Crippen LogP contribution in [0.25, 0.3) is 10.6 Å². The number of carbonyl (C=O) groups is 1. The van der Waals surface area contributed by atoms with E-state index in [2.05, 4.69) is 51.9 Å². The molecule has 0 aliphatic rings. The Hall–Kier alpha value is -2.18. The molecule has 0 aliphatic carbocycles. The van der Waals surface area contributed by atoms with Crippen LogP contribution in [0.2, 0.25) is 0 Å². The van der Waals surface area contributed by atoms with Crippen molar-refractivity contribution < 1.29 is 4.79 Å². The first kappa shape index (κ1) is 18.6. The van der Waals surface area contributed by atoms with Crippen LogP contribution in [0.15, 0.2) is 54.2 Å². The molecule has 26 heavy (non-hydrogen) atoms. The molecule has 0 fully saturated rings. The highest BCUT2D eigenvalue weighted by Crippen LogP contribution is 2.24. The first-order valence-electron chi connectivity index (χ1n) is 8.45. The fourth-order valence-corrected chi connectivity index (χ4v) is 4.03. The van der Waals surface area contributed by atoms with Crippen LogP contribution < -0.4 is 5.32 Å². The molecule has 6 heteroatoms. The van der Waals surface area contributed by atoms with Crippen molar-refractivity contribution in [2.24, 2.45) is 0 Å². The number of nitrogens with one attached hydrogen (secondary N) is 1. The Balaban J connectivity index is 1.38. The number of pyridine rings is 1. The van der Waals surface area contributed by atoms with Crippen molar-refractivity contribution in [1.29, 1.82) is 0 Å². The first-order chi connectivity index (χ1) is 12.7. The topological polar surface area (TPSA) is 54.9 Å². The molecule has 134 valence electrons. The van der Waals surface area contributed by atoms with Gasteiger partial charge in [-0.15, -0.1) is 23.1 Å². The number of thiazole rings is 1.